The molecule has 1 aromatic carbocycles. The molecule has 0 aromatic heterocycles. The number of amides is 1. The van der Waals surface area contributed by atoms with Gasteiger partial charge in [0.05, 0.1) is 6.61 Å². The summed E-state index contributed by atoms with van der Waals surface area (Å²) >= 11 is 0. The monoisotopic (exact) mass is 443 g/mol. The van der Waals surface area contributed by atoms with E-state index >= 15 is 0 Å². The Morgan fingerprint density at radius 1 is 0.933 bits per heavy atom. The van der Waals surface area contributed by atoms with Crippen molar-refractivity contribution in [3.05, 3.63) is 29.3 Å². The van der Waals surface area contributed by atoms with E-state index < -0.39 is 27.8 Å². The van der Waals surface area contributed by atoms with E-state index in [1.165, 1.54) is 0 Å². The highest BCUT2D eigenvalue weighted by atomic mass is 28.3. The van der Waals surface area contributed by atoms with Crippen molar-refractivity contribution in [1.29, 1.82) is 0 Å². The molecule has 0 bridgehead atoms. The van der Waals surface area contributed by atoms with E-state index in [4.69, 9.17) is 9.47 Å². The van der Waals surface area contributed by atoms with Gasteiger partial charge in [0, 0.05) is 17.7 Å². The van der Waals surface area contributed by atoms with Gasteiger partial charge in [0.15, 0.2) is 0 Å². The smallest absolute Gasteiger partial charge is 0.407 e. The number of ether oxygens (including phenoxy) is 2. The predicted octanol–water partition coefficient (Wildman–Crippen LogP) is 5.44. The third-order valence-electron chi connectivity index (χ3n) is 3.33. The third-order valence-corrected chi connectivity index (χ3v) is 5.08. The maximum Gasteiger partial charge on any atom is 0.407 e. The van der Waals surface area contributed by atoms with Gasteiger partial charge in [0.25, 0.3) is 0 Å². The quantitative estimate of drug-likeness (QED) is 0.374. The van der Waals surface area contributed by atoms with E-state index in [9.17, 15) is 4.79 Å². The first-order valence-electron chi connectivity index (χ1n) is 10.4. The predicted molar refractivity (Wildman–Crippen MR) is 131 cm³/mol. The van der Waals surface area contributed by atoms with E-state index in [1.807, 2.05) is 39.0 Å². The second-order valence-electron chi connectivity index (χ2n) is 10.4. The van der Waals surface area contributed by atoms with E-state index in [1.54, 1.807) is 0 Å². The van der Waals surface area contributed by atoms with Crippen LogP contribution in [0.4, 0.5) is 4.79 Å². The summed E-state index contributed by atoms with van der Waals surface area (Å²) in [6.07, 6.45) is 0.273. The normalized spacial score (nSPS) is 11.5. The molecule has 1 amide bonds. The van der Waals surface area contributed by atoms with Crippen molar-refractivity contribution in [1.82, 2.24) is 5.32 Å². The summed E-state index contributed by atoms with van der Waals surface area (Å²) in [6, 6.07) is 5.97. The van der Waals surface area contributed by atoms with Crippen molar-refractivity contribution < 1.29 is 14.3 Å². The SMILES string of the molecule is CC(C)(C)OC(=O)NCCCOc1cc(C#C[Si](C)(C)C)cc(C#C[Si](C)(C)C)c1. The molecule has 0 radical (unpaired) electrons. The number of nitrogens with one attached hydrogen (secondary N) is 1. The van der Waals surface area contributed by atoms with Gasteiger partial charge in [-0.2, -0.15) is 0 Å². The van der Waals surface area contributed by atoms with Crippen molar-refractivity contribution in [2.24, 2.45) is 0 Å². The van der Waals surface area contributed by atoms with Crippen LogP contribution in [0.3, 0.4) is 0 Å². The summed E-state index contributed by atoms with van der Waals surface area (Å²) in [4.78, 5) is 11.7. The third kappa shape index (κ3) is 13.1. The van der Waals surface area contributed by atoms with Gasteiger partial charge < -0.3 is 14.8 Å². The van der Waals surface area contributed by atoms with Crippen molar-refractivity contribution in [3.8, 4) is 28.7 Å². The zero-order valence-corrected chi connectivity index (χ0v) is 22.1. The maximum absolute atomic E-state index is 11.7. The van der Waals surface area contributed by atoms with E-state index in [-0.39, 0.29) is 0 Å². The standard InChI is InChI=1S/C24H37NO3Si2/c1-24(2,3)28-23(26)25-13-10-14-27-22-18-20(11-15-29(4,5)6)17-21(19-22)12-16-30(7,8)9/h17-19H,10,13-14H2,1-9H3,(H,25,26). The van der Waals surface area contributed by atoms with Gasteiger partial charge in [-0.05, 0) is 45.4 Å². The Hall–Kier alpha value is -2.16. The highest BCUT2D eigenvalue weighted by Crippen LogP contribution is 2.17. The lowest BCUT2D eigenvalue weighted by molar-refractivity contribution is 0.0525. The fourth-order valence-corrected chi connectivity index (χ4v) is 3.15. The molecule has 0 spiro atoms. The molecule has 0 saturated carbocycles. The Kier molecular flexibility index (Phi) is 9.27. The van der Waals surface area contributed by atoms with Crippen molar-refractivity contribution in [2.75, 3.05) is 13.2 Å². The van der Waals surface area contributed by atoms with Crippen LogP contribution >= 0.6 is 0 Å². The molecule has 0 saturated heterocycles. The number of benzene rings is 1. The number of carbonyl (C=O) groups is 1. The number of hydrogen-bond acceptors (Lipinski definition) is 3. The van der Waals surface area contributed by atoms with Gasteiger partial charge in [0.2, 0.25) is 0 Å². The van der Waals surface area contributed by atoms with Crippen LogP contribution < -0.4 is 10.1 Å². The first-order chi connectivity index (χ1) is 13.6. The van der Waals surface area contributed by atoms with E-state index in [2.05, 4.69) is 67.5 Å². The largest absolute Gasteiger partial charge is 0.493 e. The summed E-state index contributed by atoms with van der Waals surface area (Å²) in [6.45, 7) is 19.9. The second-order valence-corrected chi connectivity index (χ2v) is 19.9. The van der Waals surface area contributed by atoms with Gasteiger partial charge in [-0.1, -0.05) is 51.1 Å². The molecule has 30 heavy (non-hydrogen) atoms. The fourth-order valence-electron chi connectivity index (χ4n) is 2.11. The molecular formula is C24H37NO3Si2. The molecular weight excluding hydrogens is 406 g/mol. The second kappa shape index (κ2) is 10.7. The van der Waals surface area contributed by atoms with Crippen molar-refractivity contribution in [2.45, 2.75) is 72.1 Å². The highest BCUT2D eigenvalue weighted by Gasteiger charge is 2.15. The minimum Gasteiger partial charge on any atom is -0.493 e. The molecule has 6 heteroatoms. The Balaban J connectivity index is 2.80. The summed E-state index contributed by atoms with van der Waals surface area (Å²) in [5.74, 6) is 7.36. The summed E-state index contributed by atoms with van der Waals surface area (Å²) in [5.41, 5.74) is 8.18. The van der Waals surface area contributed by atoms with Crippen LogP contribution in [0.15, 0.2) is 18.2 Å². The zero-order valence-electron chi connectivity index (χ0n) is 20.1. The molecule has 0 aliphatic carbocycles. The minimum absolute atomic E-state index is 0.407. The molecule has 0 fully saturated rings. The van der Waals surface area contributed by atoms with Gasteiger partial charge in [0.1, 0.15) is 27.5 Å². The molecule has 4 nitrogen and oxygen atoms in total. The Labute approximate surface area is 185 Å². The molecule has 0 unspecified atom stereocenters. The minimum atomic E-state index is -1.47. The molecule has 1 N–H and O–H groups in total. The average molecular weight is 444 g/mol. The van der Waals surface area contributed by atoms with Gasteiger partial charge in [-0.15, -0.1) is 11.1 Å². The number of hydrogen-bond donors (Lipinski definition) is 1. The Morgan fingerprint density at radius 2 is 1.43 bits per heavy atom. The molecule has 0 aliphatic heterocycles. The van der Waals surface area contributed by atoms with E-state index in [0.717, 1.165) is 16.9 Å². The molecule has 0 aliphatic rings. The zero-order chi connectivity index (χ0) is 23.0. The van der Waals surface area contributed by atoms with Gasteiger partial charge >= 0.3 is 6.09 Å². The average Bonchev–Trinajstić information content (AvgIpc) is 2.55. The van der Waals surface area contributed by atoms with Gasteiger partial charge in [-0.25, -0.2) is 4.79 Å². The first kappa shape index (κ1) is 25.9. The molecule has 0 heterocycles. The van der Waals surface area contributed by atoms with Crippen molar-refractivity contribution in [3.63, 3.8) is 0 Å². The van der Waals surface area contributed by atoms with E-state index in [0.29, 0.717) is 19.6 Å². The Bertz CT molecular complexity index is 801. The summed E-state index contributed by atoms with van der Waals surface area (Å²) in [7, 11) is -2.94. The van der Waals surface area contributed by atoms with Crippen LogP contribution in [-0.2, 0) is 4.74 Å². The molecule has 1 aromatic rings. The maximum atomic E-state index is 11.7. The van der Waals surface area contributed by atoms with Crippen LogP contribution in [0, 0.1) is 22.9 Å². The lowest BCUT2D eigenvalue weighted by atomic mass is 10.1. The van der Waals surface area contributed by atoms with Gasteiger partial charge in [-0.3, -0.25) is 0 Å². The number of alkyl carbamates (subject to hydrolysis) is 1. The topological polar surface area (TPSA) is 47.6 Å². The lowest BCUT2D eigenvalue weighted by Crippen LogP contribution is -2.33. The summed E-state index contributed by atoms with van der Waals surface area (Å²) in [5, 5.41) is 2.75. The fraction of sp³-hybridized carbons (Fsp3) is 0.542. The number of rotatable bonds is 5. The first-order valence-corrected chi connectivity index (χ1v) is 17.4. The van der Waals surface area contributed by atoms with Crippen LogP contribution in [0.1, 0.15) is 38.3 Å². The number of carbonyl (C=O) groups excluding carboxylic acids is 1. The molecule has 1 rings (SSSR count). The molecule has 0 atom stereocenters. The summed E-state index contributed by atoms with van der Waals surface area (Å²) < 4.78 is 11.2. The van der Waals surface area contributed by atoms with Crippen molar-refractivity contribution >= 4 is 22.2 Å². The Morgan fingerprint density at radius 3 is 1.87 bits per heavy atom. The van der Waals surface area contributed by atoms with Crippen LogP contribution in [0.25, 0.3) is 0 Å². The van der Waals surface area contributed by atoms with Crippen LogP contribution in [0.5, 0.6) is 5.75 Å². The lowest BCUT2D eigenvalue weighted by Gasteiger charge is -2.19. The molecule has 164 valence electrons. The van der Waals surface area contributed by atoms with Crippen LogP contribution in [0.2, 0.25) is 39.3 Å². The highest BCUT2D eigenvalue weighted by molar-refractivity contribution is 6.84. The van der Waals surface area contributed by atoms with Crippen LogP contribution in [-0.4, -0.2) is 41.0 Å².